The predicted octanol–water partition coefficient (Wildman–Crippen LogP) is 14.9. The van der Waals surface area contributed by atoms with Gasteiger partial charge in [0.05, 0.1) is 5.41 Å². The van der Waals surface area contributed by atoms with Crippen LogP contribution < -0.4 is 9.64 Å². The molecule has 1 aliphatic carbocycles. The minimum absolute atomic E-state index is 0.554. The summed E-state index contributed by atoms with van der Waals surface area (Å²) in [5.41, 5.74) is 16.3. The zero-order valence-corrected chi connectivity index (χ0v) is 31.5. The highest BCUT2D eigenvalue weighted by molar-refractivity contribution is 6.14. The molecular weight excluding hydrogens is 707 g/mol. The summed E-state index contributed by atoms with van der Waals surface area (Å²) < 4.78 is 13.4. The van der Waals surface area contributed by atoms with Gasteiger partial charge in [-0.25, -0.2) is 0 Å². The van der Waals surface area contributed by atoms with E-state index in [1.807, 2.05) is 0 Å². The second kappa shape index (κ2) is 12.7. The lowest BCUT2D eigenvalue weighted by Gasteiger charge is -2.39. The third-order valence-electron chi connectivity index (χ3n) is 12.1. The second-order valence-corrected chi connectivity index (χ2v) is 15.2. The average molecular weight is 742 g/mol. The first-order valence-electron chi connectivity index (χ1n) is 19.8. The molecule has 2 aliphatic rings. The van der Waals surface area contributed by atoms with Gasteiger partial charge in [0.25, 0.3) is 0 Å². The van der Waals surface area contributed by atoms with Gasteiger partial charge in [-0.1, -0.05) is 146 Å². The van der Waals surface area contributed by atoms with E-state index >= 15 is 0 Å². The first-order valence-corrected chi connectivity index (χ1v) is 19.8. The highest BCUT2D eigenvalue weighted by Gasteiger charge is 2.51. The molecule has 1 aromatic heterocycles. The molecule has 0 unspecified atom stereocenters. The average Bonchev–Trinajstić information content (AvgIpc) is 3.80. The van der Waals surface area contributed by atoms with Gasteiger partial charge in [0.15, 0.2) is 0 Å². The Morgan fingerprint density at radius 3 is 1.67 bits per heavy atom. The maximum Gasteiger partial charge on any atom is 0.136 e. The Morgan fingerprint density at radius 2 is 0.914 bits per heavy atom. The van der Waals surface area contributed by atoms with Crippen LogP contribution in [0.5, 0.6) is 11.5 Å². The summed E-state index contributed by atoms with van der Waals surface area (Å²) in [7, 11) is 0. The molecule has 0 N–H and O–H groups in total. The van der Waals surface area contributed by atoms with Gasteiger partial charge in [-0.3, -0.25) is 0 Å². The number of benzene rings is 9. The van der Waals surface area contributed by atoms with Crippen LogP contribution in [0.1, 0.15) is 22.3 Å². The Kier molecular flexibility index (Phi) is 7.14. The molecule has 0 atom stereocenters. The molecule has 1 aliphatic heterocycles. The van der Waals surface area contributed by atoms with Crippen molar-refractivity contribution < 1.29 is 9.15 Å². The van der Waals surface area contributed by atoms with Crippen molar-refractivity contribution in [1.82, 2.24) is 0 Å². The molecule has 2 heterocycles. The molecule has 1 spiro atoms. The number of fused-ring (bicyclic) bond motifs is 12. The fourth-order valence-corrected chi connectivity index (χ4v) is 9.68. The quantitative estimate of drug-likeness (QED) is 0.176. The molecule has 3 heteroatoms. The SMILES string of the molecule is c1ccc(-c2ccc(N(c3ccccc3)c3cccc(-c4cccc5oc6cc7c(cc6c45)-c4ccccc4C74c5ccccc5Oc5ccccc54)c3)cc2)cc1. The number of hydrogen-bond acceptors (Lipinski definition) is 3. The van der Waals surface area contributed by atoms with Gasteiger partial charge < -0.3 is 14.1 Å². The number of ether oxygens (including phenoxy) is 1. The number of para-hydroxylation sites is 3. The Bertz CT molecular complexity index is 3150. The van der Waals surface area contributed by atoms with Crippen LogP contribution in [0.2, 0.25) is 0 Å². The summed E-state index contributed by atoms with van der Waals surface area (Å²) in [6.07, 6.45) is 0. The van der Waals surface area contributed by atoms with Crippen LogP contribution in [0.25, 0.3) is 55.3 Å². The molecule has 0 saturated carbocycles. The van der Waals surface area contributed by atoms with Gasteiger partial charge in [-0.05, 0) is 111 Å². The van der Waals surface area contributed by atoms with E-state index in [0.717, 1.165) is 72.8 Å². The van der Waals surface area contributed by atoms with E-state index in [0.29, 0.717) is 0 Å². The Hall–Kier alpha value is -7.62. The van der Waals surface area contributed by atoms with Crippen LogP contribution in [0.15, 0.2) is 217 Å². The van der Waals surface area contributed by atoms with E-state index in [9.17, 15) is 0 Å². The maximum absolute atomic E-state index is 6.87. The van der Waals surface area contributed by atoms with Gasteiger partial charge in [0, 0.05) is 39.0 Å². The van der Waals surface area contributed by atoms with Crippen molar-refractivity contribution in [3.63, 3.8) is 0 Å². The molecule has 12 rings (SSSR count). The van der Waals surface area contributed by atoms with Crippen LogP contribution in [-0.2, 0) is 5.41 Å². The minimum atomic E-state index is -0.554. The molecule has 10 aromatic rings. The summed E-state index contributed by atoms with van der Waals surface area (Å²) >= 11 is 0. The van der Waals surface area contributed by atoms with Gasteiger partial charge >= 0.3 is 0 Å². The fraction of sp³-hybridized carbons (Fsp3) is 0.0182. The van der Waals surface area contributed by atoms with Crippen molar-refractivity contribution in [2.75, 3.05) is 4.90 Å². The molecule has 0 fully saturated rings. The van der Waals surface area contributed by atoms with Crippen molar-refractivity contribution in [2.24, 2.45) is 0 Å². The van der Waals surface area contributed by atoms with Crippen LogP contribution in [-0.4, -0.2) is 0 Å². The predicted molar refractivity (Wildman–Crippen MR) is 237 cm³/mol. The number of nitrogens with zero attached hydrogens (tertiary/aromatic N) is 1. The smallest absolute Gasteiger partial charge is 0.136 e. The summed E-state index contributed by atoms with van der Waals surface area (Å²) in [4.78, 5) is 2.33. The van der Waals surface area contributed by atoms with Crippen molar-refractivity contribution in [3.05, 3.63) is 235 Å². The molecule has 0 saturated heterocycles. The molecule has 9 aromatic carbocycles. The summed E-state index contributed by atoms with van der Waals surface area (Å²) in [6, 6.07) is 75.8. The lowest BCUT2D eigenvalue weighted by atomic mass is 9.66. The zero-order chi connectivity index (χ0) is 38.2. The first kappa shape index (κ1) is 32.6. The van der Waals surface area contributed by atoms with Gasteiger partial charge in [-0.2, -0.15) is 0 Å². The van der Waals surface area contributed by atoms with E-state index in [1.54, 1.807) is 0 Å². The molecular formula is C55H35NO2. The monoisotopic (exact) mass is 741 g/mol. The van der Waals surface area contributed by atoms with E-state index < -0.39 is 5.41 Å². The van der Waals surface area contributed by atoms with Crippen LogP contribution in [0, 0.1) is 0 Å². The number of rotatable bonds is 5. The van der Waals surface area contributed by atoms with Crippen molar-refractivity contribution >= 4 is 39.0 Å². The molecule has 0 amide bonds. The van der Waals surface area contributed by atoms with E-state index in [1.165, 1.54) is 33.4 Å². The Morgan fingerprint density at radius 1 is 0.345 bits per heavy atom. The molecule has 272 valence electrons. The standard InChI is InChI=1S/C55H35NO2/c1-3-15-36(16-4-1)37-29-31-40(32-30-37)56(39-18-5-2-6-19-39)41-20-13-17-38(33-41)42-22-14-28-52-54(42)45-34-44-43-21-7-8-23-46(43)55(49(44)35-53(45)58-52)47-24-9-11-26-50(47)57-51-27-12-10-25-48(51)55/h1-35H. The third-order valence-corrected chi connectivity index (χ3v) is 12.1. The summed E-state index contributed by atoms with van der Waals surface area (Å²) in [5.74, 6) is 1.76. The van der Waals surface area contributed by atoms with Crippen molar-refractivity contribution in [1.29, 1.82) is 0 Å². The van der Waals surface area contributed by atoms with Gasteiger partial charge in [-0.15, -0.1) is 0 Å². The molecule has 58 heavy (non-hydrogen) atoms. The Labute approximate surface area is 336 Å². The first-order chi connectivity index (χ1) is 28.8. The lowest BCUT2D eigenvalue weighted by molar-refractivity contribution is 0.436. The molecule has 0 radical (unpaired) electrons. The summed E-state index contributed by atoms with van der Waals surface area (Å²) in [5, 5.41) is 2.22. The highest BCUT2D eigenvalue weighted by atomic mass is 16.5. The minimum Gasteiger partial charge on any atom is -0.457 e. The normalized spacial score (nSPS) is 13.1. The van der Waals surface area contributed by atoms with Crippen LogP contribution >= 0.6 is 0 Å². The number of anilines is 3. The summed E-state index contributed by atoms with van der Waals surface area (Å²) in [6.45, 7) is 0. The van der Waals surface area contributed by atoms with E-state index in [4.69, 9.17) is 9.15 Å². The van der Waals surface area contributed by atoms with Gasteiger partial charge in [0.2, 0.25) is 0 Å². The Balaban J connectivity index is 1.04. The van der Waals surface area contributed by atoms with Gasteiger partial charge in [0.1, 0.15) is 22.7 Å². The zero-order valence-electron chi connectivity index (χ0n) is 31.5. The number of furan rings is 1. The lowest BCUT2D eigenvalue weighted by Crippen LogP contribution is -2.32. The van der Waals surface area contributed by atoms with Crippen LogP contribution in [0.3, 0.4) is 0 Å². The third kappa shape index (κ3) is 4.74. The van der Waals surface area contributed by atoms with E-state index in [2.05, 4.69) is 217 Å². The van der Waals surface area contributed by atoms with Crippen LogP contribution in [0.4, 0.5) is 17.1 Å². The molecule has 3 nitrogen and oxygen atoms in total. The van der Waals surface area contributed by atoms with Crippen molar-refractivity contribution in [3.8, 4) is 44.9 Å². The maximum atomic E-state index is 6.87. The molecule has 0 bridgehead atoms. The number of hydrogen-bond donors (Lipinski definition) is 0. The fourth-order valence-electron chi connectivity index (χ4n) is 9.68. The van der Waals surface area contributed by atoms with Crippen molar-refractivity contribution in [2.45, 2.75) is 5.41 Å². The topological polar surface area (TPSA) is 25.6 Å². The highest BCUT2D eigenvalue weighted by Crippen LogP contribution is 2.62. The second-order valence-electron chi connectivity index (χ2n) is 15.2. The van der Waals surface area contributed by atoms with E-state index in [-0.39, 0.29) is 0 Å². The largest absolute Gasteiger partial charge is 0.457 e.